The number of nitrogens with zero attached hydrogens (tertiary/aromatic N) is 1. The van der Waals surface area contributed by atoms with E-state index in [1.165, 1.54) is 0 Å². The zero-order chi connectivity index (χ0) is 17.5. The van der Waals surface area contributed by atoms with Gasteiger partial charge in [0.15, 0.2) is 0 Å². The summed E-state index contributed by atoms with van der Waals surface area (Å²) in [7, 11) is -0.203. The molecule has 2 rings (SSSR count). The molecule has 0 aromatic heterocycles. The van der Waals surface area contributed by atoms with E-state index in [9.17, 15) is 4.79 Å². The third kappa shape index (κ3) is 2.58. The van der Waals surface area contributed by atoms with Gasteiger partial charge in [0.05, 0.1) is 11.3 Å². The van der Waals surface area contributed by atoms with E-state index in [1.54, 1.807) is 4.90 Å². The molecule has 2 nitrogen and oxygen atoms in total. The lowest BCUT2D eigenvalue weighted by atomic mass is 10.1. The summed E-state index contributed by atoms with van der Waals surface area (Å²) >= 11 is 7.08. The van der Waals surface area contributed by atoms with Gasteiger partial charge < -0.3 is 4.90 Å². The van der Waals surface area contributed by atoms with Gasteiger partial charge in [0, 0.05) is 17.3 Å². The molecule has 0 spiro atoms. The molecule has 1 aromatic rings. The van der Waals surface area contributed by atoms with Crippen molar-refractivity contribution >= 4 is 36.8 Å². The topological polar surface area (TPSA) is 20.3 Å². The van der Waals surface area contributed by atoms with Crippen molar-refractivity contribution in [3.8, 4) is 0 Å². The standard InChI is InChI=1S/C19H28ClNOSi/c1-12(2)23(13(3)4,14(5)6)18(20)17-15-10-8-9-11-16(15)21(7)19(17)22/h8-14H,1-7H3/b18-17-. The smallest absolute Gasteiger partial charge is 0.259 e. The highest BCUT2D eigenvalue weighted by Crippen LogP contribution is 2.52. The predicted octanol–water partition coefficient (Wildman–Crippen LogP) is 5.83. The Morgan fingerprint density at radius 3 is 1.96 bits per heavy atom. The number of hydrogen-bond acceptors (Lipinski definition) is 1. The Hall–Kier alpha value is -1.06. The van der Waals surface area contributed by atoms with Crippen LogP contribution in [0.5, 0.6) is 0 Å². The number of para-hydroxylation sites is 1. The lowest BCUT2D eigenvalue weighted by Crippen LogP contribution is -2.46. The molecule has 4 heteroatoms. The first-order valence-electron chi connectivity index (χ1n) is 8.45. The maximum Gasteiger partial charge on any atom is 0.259 e. The number of carbonyl (C=O) groups is 1. The van der Waals surface area contributed by atoms with Crippen molar-refractivity contribution < 1.29 is 4.79 Å². The minimum atomic E-state index is -2.04. The van der Waals surface area contributed by atoms with E-state index in [2.05, 4.69) is 41.5 Å². The summed E-state index contributed by atoms with van der Waals surface area (Å²) < 4.78 is 0.860. The minimum absolute atomic E-state index is 0.0371. The molecule has 0 bridgehead atoms. The highest BCUT2D eigenvalue weighted by Gasteiger charge is 2.49. The second-order valence-corrected chi connectivity index (χ2v) is 14.0. The van der Waals surface area contributed by atoms with Crippen LogP contribution in [-0.4, -0.2) is 21.0 Å². The number of halogens is 1. The number of benzene rings is 1. The monoisotopic (exact) mass is 349 g/mol. The lowest BCUT2D eigenvalue weighted by Gasteiger charge is -2.43. The first kappa shape index (κ1) is 18.3. The molecule has 1 aliphatic heterocycles. The maximum absolute atomic E-state index is 12.9. The Kier molecular flexibility index (Phi) is 5.12. The van der Waals surface area contributed by atoms with Crippen molar-refractivity contribution in [1.29, 1.82) is 0 Å². The van der Waals surface area contributed by atoms with Gasteiger partial charge in [-0.2, -0.15) is 0 Å². The largest absolute Gasteiger partial charge is 0.311 e. The molecule has 1 amide bonds. The second kappa shape index (κ2) is 6.44. The summed E-state index contributed by atoms with van der Waals surface area (Å²) in [6, 6.07) is 7.97. The van der Waals surface area contributed by atoms with Crippen LogP contribution in [0.3, 0.4) is 0 Å². The van der Waals surface area contributed by atoms with Gasteiger partial charge in [-0.15, -0.1) is 0 Å². The Balaban J connectivity index is 2.80. The van der Waals surface area contributed by atoms with Crippen LogP contribution in [-0.2, 0) is 4.79 Å². The highest BCUT2D eigenvalue weighted by atomic mass is 35.5. The van der Waals surface area contributed by atoms with Gasteiger partial charge in [-0.3, -0.25) is 4.79 Å². The number of amides is 1. The number of rotatable bonds is 4. The van der Waals surface area contributed by atoms with Gasteiger partial charge in [-0.25, -0.2) is 0 Å². The third-order valence-corrected chi connectivity index (χ3v) is 13.4. The molecule has 0 atom stereocenters. The number of anilines is 1. The molecule has 0 fully saturated rings. The molecular weight excluding hydrogens is 322 g/mol. The summed E-state index contributed by atoms with van der Waals surface area (Å²) in [5.41, 5.74) is 4.14. The van der Waals surface area contributed by atoms with Crippen LogP contribution in [0.15, 0.2) is 28.9 Å². The quantitative estimate of drug-likeness (QED) is 0.494. The molecule has 0 saturated heterocycles. The Morgan fingerprint density at radius 2 is 1.48 bits per heavy atom. The maximum atomic E-state index is 12.9. The van der Waals surface area contributed by atoms with Crippen molar-refractivity contribution in [2.24, 2.45) is 0 Å². The van der Waals surface area contributed by atoms with E-state index >= 15 is 0 Å². The first-order valence-corrected chi connectivity index (χ1v) is 11.1. The van der Waals surface area contributed by atoms with E-state index in [4.69, 9.17) is 11.6 Å². The fraction of sp³-hybridized carbons (Fsp3) is 0.526. The van der Waals surface area contributed by atoms with Crippen molar-refractivity contribution in [2.75, 3.05) is 11.9 Å². The average molecular weight is 350 g/mol. The van der Waals surface area contributed by atoms with Crippen LogP contribution in [0.2, 0.25) is 16.6 Å². The second-order valence-electron chi connectivity index (χ2n) is 7.47. The third-order valence-electron chi connectivity index (χ3n) is 5.52. The SMILES string of the molecule is CC(C)[Si](/C(Cl)=C1\C(=O)N(C)c2ccccc21)(C(C)C)C(C)C. The van der Waals surface area contributed by atoms with E-state index in [0.717, 1.165) is 21.5 Å². The minimum Gasteiger partial charge on any atom is -0.311 e. The Morgan fingerprint density at radius 1 is 1.00 bits per heavy atom. The average Bonchev–Trinajstić information content (AvgIpc) is 2.70. The zero-order valence-electron chi connectivity index (χ0n) is 15.3. The van der Waals surface area contributed by atoms with E-state index in [0.29, 0.717) is 16.6 Å². The molecule has 126 valence electrons. The summed E-state index contributed by atoms with van der Waals surface area (Å²) in [5, 5.41) is 0. The van der Waals surface area contributed by atoms with Crippen LogP contribution in [0.1, 0.15) is 47.1 Å². The zero-order valence-corrected chi connectivity index (χ0v) is 17.0. The van der Waals surface area contributed by atoms with Crippen LogP contribution in [0.25, 0.3) is 5.57 Å². The van der Waals surface area contributed by atoms with Crippen molar-refractivity contribution in [2.45, 2.75) is 58.2 Å². The molecule has 0 saturated carbocycles. The van der Waals surface area contributed by atoms with E-state index in [-0.39, 0.29) is 5.91 Å². The molecule has 0 radical (unpaired) electrons. The van der Waals surface area contributed by atoms with Gasteiger partial charge >= 0.3 is 0 Å². The fourth-order valence-corrected chi connectivity index (χ4v) is 12.9. The van der Waals surface area contributed by atoms with Gasteiger partial charge in [0.2, 0.25) is 0 Å². The molecule has 1 aromatic carbocycles. The van der Waals surface area contributed by atoms with Crippen LogP contribution < -0.4 is 4.90 Å². The van der Waals surface area contributed by atoms with E-state index in [1.807, 2.05) is 31.3 Å². The normalized spacial score (nSPS) is 17.5. The van der Waals surface area contributed by atoms with Gasteiger partial charge in [-0.05, 0) is 22.7 Å². The molecule has 0 aliphatic carbocycles. The fourth-order valence-electron chi connectivity index (χ4n) is 4.56. The van der Waals surface area contributed by atoms with Gasteiger partial charge in [0.1, 0.15) is 8.07 Å². The molecule has 1 aliphatic rings. The molecule has 1 heterocycles. The number of hydrogen-bond donors (Lipinski definition) is 0. The van der Waals surface area contributed by atoms with Crippen LogP contribution in [0, 0.1) is 0 Å². The lowest BCUT2D eigenvalue weighted by molar-refractivity contribution is -0.112. The molecular formula is C19H28ClNOSi. The first-order chi connectivity index (χ1) is 10.7. The summed E-state index contributed by atoms with van der Waals surface area (Å²) in [4.78, 5) is 14.7. The number of carbonyl (C=O) groups excluding carboxylic acids is 1. The number of likely N-dealkylation sites (N-methyl/N-ethyl adjacent to an activating group) is 1. The Labute approximate surface area is 146 Å². The predicted molar refractivity (Wildman–Crippen MR) is 104 cm³/mol. The van der Waals surface area contributed by atoms with Gasteiger partial charge in [0.25, 0.3) is 5.91 Å². The van der Waals surface area contributed by atoms with Crippen molar-refractivity contribution in [3.63, 3.8) is 0 Å². The van der Waals surface area contributed by atoms with E-state index < -0.39 is 8.07 Å². The van der Waals surface area contributed by atoms with Crippen molar-refractivity contribution in [3.05, 3.63) is 34.5 Å². The summed E-state index contributed by atoms with van der Waals surface area (Å²) in [5.74, 6) is 0.0371. The molecule has 0 unspecified atom stereocenters. The molecule has 23 heavy (non-hydrogen) atoms. The molecule has 0 N–H and O–H groups in total. The van der Waals surface area contributed by atoms with Crippen LogP contribution in [0.4, 0.5) is 5.69 Å². The summed E-state index contributed by atoms with van der Waals surface area (Å²) in [6.07, 6.45) is 0. The Bertz CT molecular complexity index is 627. The summed E-state index contributed by atoms with van der Waals surface area (Å²) in [6.45, 7) is 13.6. The van der Waals surface area contributed by atoms with Crippen LogP contribution >= 0.6 is 11.6 Å². The highest BCUT2D eigenvalue weighted by molar-refractivity contribution is 6.98. The number of fused-ring (bicyclic) bond motifs is 1. The van der Waals surface area contributed by atoms with Gasteiger partial charge in [-0.1, -0.05) is 71.3 Å². The van der Waals surface area contributed by atoms with Crippen molar-refractivity contribution in [1.82, 2.24) is 0 Å².